The Morgan fingerprint density at radius 3 is 2.55 bits per heavy atom. The van der Waals surface area contributed by atoms with Gasteiger partial charge >= 0.3 is 5.97 Å². The van der Waals surface area contributed by atoms with Crippen molar-refractivity contribution < 1.29 is 9.53 Å². The molecule has 0 saturated heterocycles. The normalized spacial score (nSPS) is 11.1. The molecule has 0 aliphatic heterocycles. The Hall–Kier alpha value is -2.83. The number of esters is 1. The minimum Gasteiger partial charge on any atom is -0.462 e. The summed E-state index contributed by atoms with van der Waals surface area (Å²) in [5, 5.41) is 4.25. The van der Waals surface area contributed by atoms with Crippen LogP contribution >= 0.6 is 22.9 Å². The van der Waals surface area contributed by atoms with Crippen LogP contribution in [-0.2, 0) is 11.3 Å². The van der Waals surface area contributed by atoms with E-state index in [9.17, 15) is 4.79 Å². The van der Waals surface area contributed by atoms with Crippen molar-refractivity contribution in [1.82, 2.24) is 9.38 Å². The molecular formula is C24H24ClN3O2S. The zero-order valence-electron chi connectivity index (χ0n) is 18.0. The van der Waals surface area contributed by atoms with E-state index < -0.39 is 0 Å². The van der Waals surface area contributed by atoms with Crippen molar-refractivity contribution in [3.8, 4) is 11.3 Å². The largest absolute Gasteiger partial charge is 0.462 e. The van der Waals surface area contributed by atoms with Crippen LogP contribution in [0, 0.1) is 20.8 Å². The number of nitrogens with zero attached hydrogens (tertiary/aromatic N) is 2. The highest BCUT2D eigenvalue weighted by Gasteiger charge is 2.23. The van der Waals surface area contributed by atoms with Crippen molar-refractivity contribution in [1.29, 1.82) is 0 Å². The molecule has 0 bridgehead atoms. The average molecular weight is 454 g/mol. The molecule has 0 radical (unpaired) electrons. The van der Waals surface area contributed by atoms with E-state index in [1.807, 2.05) is 42.5 Å². The summed E-state index contributed by atoms with van der Waals surface area (Å²) in [6, 6.07) is 14.1. The van der Waals surface area contributed by atoms with Crippen molar-refractivity contribution in [3.63, 3.8) is 0 Å². The van der Waals surface area contributed by atoms with E-state index in [0.717, 1.165) is 33.3 Å². The molecule has 0 unspecified atom stereocenters. The number of nitrogens with one attached hydrogen (secondary N) is 1. The Bertz CT molecular complexity index is 1260. The molecule has 160 valence electrons. The van der Waals surface area contributed by atoms with Gasteiger partial charge < -0.3 is 10.1 Å². The second-order valence-corrected chi connectivity index (χ2v) is 8.86. The first kappa shape index (κ1) is 21.4. The number of anilines is 1. The van der Waals surface area contributed by atoms with Crippen molar-refractivity contribution in [2.45, 2.75) is 34.2 Å². The van der Waals surface area contributed by atoms with Crippen LogP contribution in [0.25, 0.3) is 16.2 Å². The number of benzene rings is 2. The molecule has 0 fully saturated rings. The van der Waals surface area contributed by atoms with Crippen molar-refractivity contribution in [2.75, 3.05) is 11.9 Å². The molecule has 0 aliphatic rings. The first-order chi connectivity index (χ1) is 14.9. The number of carbonyl (C=O) groups is 1. The number of hydrogen-bond donors (Lipinski definition) is 1. The maximum atomic E-state index is 12.4. The Labute approximate surface area is 190 Å². The highest BCUT2D eigenvalue weighted by molar-refractivity contribution is 7.19. The Morgan fingerprint density at radius 2 is 1.87 bits per heavy atom. The first-order valence-corrected chi connectivity index (χ1v) is 11.3. The van der Waals surface area contributed by atoms with Crippen LogP contribution in [0.1, 0.15) is 39.0 Å². The third-order valence-corrected chi connectivity index (χ3v) is 6.69. The quantitative estimate of drug-likeness (QED) is 0.342. The van der Waals surface area contributed by atoms with Gasteiger partial charge in [0.25, 0.3) is 0 Å². The SMILES string of the molecule is CCOC(=O)c1sc2nc(-c3ccc(C)c(C)c3)c(NCc3ccc(Cl)cc3)n2c1C. The monoisotopic (exact) mass is 453 g/mol. The number of thiazole rings is 1. The third kappa shape index (κ3) is 4.18. The van der Waals surface area contributed by atoms with Crippen molar-refractivity contribution in [2.24, 2.45) is 0 Å². The van der Waals surface area contributed by atoms with E-state index in [1.54, 1.807) is 0 Å². The van der Waals surface area contributed by atoms with Crippen LogP contribution in [-0.4, -0.2) is 22.0 Å². The summed E-state index contributed by atoms with van der Waals surface area (Å²) in [5.74, 6) is 0.546. The molecule has 0 aliphatic carbocycles. The maximum absolute atomic E-state index is 12.4. The first-order valence-electron chi connectivity index (χ1n) is 10.1. The molecule has 0 amide bonds. The van der Waals surface area contributed by atoms with Gasteiger partial charge in [0.15, 0.2) is 4.96 Å². The second kappa shape index (κ2) is 8.73. The standard InChI is InChI=1S/C24H24ClN3O2S/c1-5-30-23(29)21-16(4)28-22(26-13-17-7-10-19(25)11-8-17)20(27-24(28)31-21)18-9-6-14(2)15(3)12-18/h6-12,26H,5,13H2,1-4H3. The number of aromatic nitrogens is 2. The van der Waals surface area contributed by atoms with Crippen LogP contribution in [0.3, 0.4) is 0 Å². The molecule has 2 aromatic carbocycles. The second-order valence-electron chi connectivity index (χ2n) is 7.44. The summed E-state index contributed by atoms with van der Waals surface area (Å²) >= 11 is 7.38. The summed E-state index contributed by atoms with van der Waals surface area (Å²) < 4.78 is 7.24. The smallest absolute Gasteiger partial charge is 0.350 e. The number of ether oxygens (including phenoxy) is 1. The van der Waals surface area contributed by atoms with E-state index in [2.05, 4.69) is 37.4 Å². The minimum absolute atomic E-state index is 0.313. The number of carbonyl (C=O) groups excluding carboxylic acids is 1. The van der Waals surface area contributed by atoms with Crippen LogP contribution in [0.4, 0.5) is 5.82 Å². The van der Waals surface area contributed by atoms with Gasteiger partial charge in [-0.1, -0.05) is 47.2 Å². The molecule has 0 saturated carbocycles. The van der Waals surface area contributed by atoms with Crippen LogP contribution in [0.15, 0.2) is 42.5 Å². The molecule has 0 atom stereocenters. The van der Waals surface area contributed by atoms with Crippen LogP contribution < -0.4 is 5.32 Å². The lowest BCUT2D eigenvalue weighted by molar-refractivity contribution is 0.0531. The summed E-state index contributed by atoms with van der Waals surface area (Å²) in [4.78, 5) is 18.6. The topological polar surface area (TPSA) is 55.6 Å². The van der Waals surface area contributed by atoms with E-state index >= 15 is 0 Å². The highest BCUT2D eigenvalue weighted by Crippen LogP contribution is 2.35. The van der Waals surface area contributed by atoms with E-state index in [0.29, 0.717) is 23.1 Å². The van der Waals surface area contributed by atoms with E-state index in [1.165, 1.54) is 22.5 Å². The molecule has 5 nitrogen and oxygen atoms in total. The average Bonchev–Trinajstić information content (AvgIpc) is 3.27. The molecule has 1 N–H and O–H groups in total. The lowest BCUT2D eigenvalue weighted by Crippen LogP contribution is -2.07. The van der Waals surface area contributed by atoms with Gasteiger partial charge in [0.1, 0.15) is 16.4 Å². The predicted molar refractivity (Wildman–Crippen MR) is 127 cm³/mol. The van der Waals surface area contributed by atoms with Gasteiger partial charge in [0.2, 0.25) is 0 Å². The van der Waals surface area contributed by atoms with Gasteiger partial charge in [-0.3, -0.25) is 4.40 Å². The third-order valence-electron chi connectivity index (χ3n) is 5.32. The van der Waals surface area contributed by atoms with Crippen LogP contribution in [0.2, 0.25) is 5.02 Å². The van der Waals surface area contributed by atoms with Crippen molar-refractivity contribution >= 4 is 39.7 Å². The molecule has 4 aromatic rings. The fraction of sp³-hybridized carbons (Fsp3) is 0.250. The molecule has 31 heavy (non-hydrogen) atoms. The summed E-state index contributed by atoms with van der Waals surface area (Å²) in [5.41, 5.74) is 6.27. The van der Waals surface area contributed by atoms with E-state index in [-0.39, 0.29) is 5.97 Å². The predicted octanol–water partition coefficient (Wildman–Crippen LogP) is 6.43. The molecule has 2 aromatic heterocycles. The van der Waals surface area contributed by atoms with Gasteiger partial charge in [-0.2, -0.15) is 0 Å². The maximum Gasteiger partial charge on any atom is 0.350 e. The van der Waals surface area contributed by atoms with Gasteiger partial charge in [0.05, 0.1) is 6.61 Å². The zero-order chi connectivity index (χ0) is 22.1. The summed E-state index contributed by atoms with van der Waals surface area (Å²) in [6.45, 7) is 8.88. The zero-order valence-corrected chi connectivity index (χ0v) is 19.5. The molecular weight excluding hydrogens is 430 g/mol. The molecule has 7 heteroatoms. The lowest BCUT2D eigenvalue weighted by Gasteiger charge is -2.11. The van der Waals surface area contributed by atoms with Gasteiger partial charge in [-0.15, -0.1) is 0 Å². The number of fused-ring (bicyclic) bond motifs is 1. The minimum atomic E-state index is -0.313. The number of rotatable bonds is 6. The van der Waals surface area contributed by atoms with Crippen LogP contribution in [0.5, 0.6) is 0 Å². The lowest BCUT2D eigenvalue weighted by atomic mass is 10.0. The fourth-order valence-electron chi connectivity index (χ4n) is 3.47. The Kier molecular flexibility index (Phi) is 6.03. The number of aryl methyl sites for hydroxylation is 3. The number of halogens is 1. The highest BCUT2D eigenvalue weighted by atomic mass is 35.5. The Morgan fingerprint density at radius 1 is 1.13 bits per heavy atom. The van der Waals surface area contributed by atoms with Gasteiger partial charge in [-0.25, -0.2) is 9.78 Å². The number of hydrogen-bond acceptors (Lipinski definition) is 5. The summed E-state index contributed by atoms with van der Waals surface area (Å²) in [6.07, 6.45) is 0. The van der Waals surface area contributed by atoms with Gasteiger partial charge in [-0.05, 0) is 62.6 Å². The van der Waals surface area contributed by atoms with E-state index in [4.69, 9.17) is 21.3 Å². The molecule has 4 rings (SSSR count). The summed E-state index contributed by atoms with van der Waals surface area (Å²) in [7, 11) is 0. The van der Waals surface area contributed by atoms with Crippen molar-refractivity contribution in [3.05, 3.63) is 74.7 Å². The van der Waals surface area contributed by atoms with Gasteiger partial charge in [0, 0.05) is 22.8 Å². The molecule has 0 spiro atoms. The fourth-order valence-corrected chi connectivity index (χ4v) is 4.62. The number of imidazole rings is 1. The Balaban J connectivity index is 1.81. The molecule has 2 heterocycles.